The average Bonchev–Trinajstić information content (AvgIpc) is 2.16. The molecule has 2 rings (SSSR count). The van der Waals surface area contributed by atoms with Crippen LogP contribution in [0.5, 0.6) is 0 Å². The van der Waals surface area contributed by atoms with Crippen LogP contribution in [0.25, 0.3) is 6.20 Å². The molecule has 1 aromatic heterocycles. The van der Waals surface area contributed by atoms with E-state index in [0.717, 1.165) is 10.7 Å². The first-order chi connectivity index (χ1) is 6.57. The number of fused-ring (bicyclic) bond motifs is 1. The summed E-state index contributed by atoms with van der Waals surface area (Å²) in [7, 11) is -3.36. The van der Waals surface area contributed by atoms with Gasteiger partial charge in [-0.05, 0) is 0 Å². The Kier molecular flexibility index (Phi) is 1.84. The van der Waals surface area contributed by atoms with E-state index in [1.54, 1.807) is 0 Å². The molecule has 0 atom stereocenters. The number of nitrogens with one attached hydrogen (secondary N) is 1. The van der Waals surface area contributed by atoms with Gasteiger partial charge in [0, 0.05) is 0 Å². The predicted octanol–water partition coefficient (Wildman–Crippen LogP) is -2.47. The maximum absolute atomic E-state index is 11.1. The first-order valence-electron chi connectivity index (χ1n) is 3.68. The lowest BCUT2D eigenvalue weighted by Gasteiger charge is -2.17. The normalized spacial score (nSPS) is 14.8. The summed E-state index contributed by atoms with van der Waals surface area (Å²) in [6.45, 7) is 0. The molecule has 1 N–H and O–H groups in total. The van der Waals surface area contributed by atoms with E-state index in [-0.39, 0.29) is 0 Å². The van der Waals surface area contributed by atoms with Crippen molar-refractivity contribution in [3.8, 4) is 0 Å². The predicted molar refractivity (Wildman–Crippen MR) is 47.1 cm³/mol. The van der Waals surface area contributed by atoms with Crippen molar-refractivity contribution in [2.45, 2.75) is 0 Å². The van der Waals surface area contributed by atoms with E-state index in [1.807, 2.05) is 0 Å². The van der Waals surface area contributed by atoms with E-state index in [9.17, 15) is 8.42 Å². The van der Waals surface area contributed by atoms with Gasteiger partial charge >= 0.3 is 0 Å². The minimum absolute atomic E-state index is 0.462. The second-order valence-electron chi connectivity index (χ2n) is 2.69. The Hall–Kier alpha value is -1.70. The standard InChI is InChI=1S/C6H7N5O2S/c1-14(12,13)11-3-6-5(9-10-11)2-7-4-8-6/h2-4,10H,1H3. The van der Waals surface area contributed by atoms with E-state index in [4.69, 9.17) is 0 Å². The second kappa shape index (κ2) is 2.91. The Morgan fingerprint density at radius 3 is 3.00 bits per heavy atom. The van der Waals surface area contributed by atoms with Gasteiger partial charge < -0.3 is 0 Å². The Bertz CT molecular complexity index is 566. The highest BCUT2D eigenvalue weighted by Gasteiger charge is 2.13. The summed E-state index contributed by atoms with van der Waals surface area (Å²) >= 11 is 0. The molecule has 0 amide bonds. The summed E-state index contributed by atoms with van der Waals surface area (Å²) in [6, 6.07) is 0. The van der Waals surface area contributed by atoms with Crippen molar-refractivity contribution in [3.63, 3.8) is 0 Å². The molecule has 0 radical (unpaired) electrons. The molecule has 0 bridgehead atoms. The third kappa shape index (κ3) is 1.51. The fourth-order valence-electron chi connectivity index (χ4n) is 0.930. The highest BCUT2D eigenvalue weighted by atomic mass is 32.2. The lowest BCUT2D eigenvalue weighted by Crippen LogP contribution is -2.46. The number of rotatable bonds is 1. The van der Waals surface area contributed by atoms with Gasteiger partial charge in [-0.25, -0.2) is 23.9 Å². The van der Waals surface area contributed by atoms with Crippen molar-refractivity contribution in [1.82, 2.24) is 19.9 Å². The summed E-state index contributed by atoms with van der Waals surface area (Å²) in [5.41, 5.74) is 2.35. The summed E-state index contributed by atoms with van der Waals surface area (Å²) < 4.78 is 23.1. The van der Waals surface area contributed by atoms with Crippen LogP contribution in [0.15, 0.2) is 17.6 Å². The highest BCUT2D eigenvalue weighted by Crippen LogP contribution is 1.93. The van der Waals surface area contributed by atoms with Crippen LogP contribution in [0, 0.1) is 0 Å². The molecule has 7 nitrogen and oxygen atoms in total. The number of hydrogen-bond acceptors (Lipinski definition) is 6. The van der Waals surface area contributed by atoms with Gasteiger partial charge in [0.05, 0.1) is 18.7 Å². The Balaban J connectivity index is 2.60. The third-order valence-electron chi connectivity index (χ3n) is 1.59. The van der Waals surface area contributed by atoms with Gasteiger partial charge in [0.2, 0.25) is 10.0 Å². The maximum Gasteiger partial charge on any atom is 0.250 e. The molecular weight excluding hydrogens is 206 g/mol. The van der Waals surface area contributed by atoms with Crippen LogP contribution in [-0.2, 0) is 10.0 Å². The SMILES string of the molecule is CS(=O)(=O)N1C=c2ncncc2=NN1. The van der Waals surface area contributed by atoms with E-state index >= 15 is 0 Å². The minimum Gasteiger partial charge on any atom is -0.242 e. The minimum atomic E-state index is -3.36. The Labute approximate surface area is 79.8 Å². The molecule has 74 valence electrons. The number of hydrazine groups is 1. The van der Waals surface area contributed by atoms with Gasteiger partial charge in [-0.15, -0.1) is 0 Å². The summed E-state index contributed by atoms with van der Waals surface area (Å²) in [5.74, 6) is 0. The fourth-order valence-corrected chi connectivity index (χ4v) is 1.41. The molecule has 0 saturated heterocycles. The van der Waals surface area contributed by atoms with E-state index < -0.39 is 10.0 Å². The molecule has 0 spiro atoms. The zero-order valence-corrected chi connectivity index (χ0v) is 8.06. The molecule has 1 aliphatic rings. The lowest BCUT2D eigenvalue weighted by molar-refractivity contribution is 0.425. The molecular formula is C6H7N5O2S. The Morgan fingerprint density at radius 2 is 2.29 bits per heavy atom. The number of nitrogens with zero attached hydrogens (tertiary/aromatic N) is 4. The van der Waals surface area contributed by atoms with Crippen LogP contribution < -0.4 is 16.2 Å². The number of sulfonamides is 1. The largest absolute Gasteiger partial charge is 0.250 e. The van der Waals surface area contributed by atoms with Gasteiger partial charge in [-0.1, -0.05) is 0 Å². The van der Waals surface area contributed by atoms with Gasteiger partial charge in [-0.3, -0.25) is 0 Å². The quantitative estimate of drug-likeness (QED) is 0.558. The molecule has 0 fully saturated rings. The first-order valence-corrected chi connectivity index (χ1v) is 5.53. The number of hydrogen-bond donors (Lipinski definition) is 1. The van der Waals surface area contributed by atoms with Gasteiger partial charge in [-0.2, -0.15) is 9.52 Å². The van der Waals surface area contributed by atoms with Crippen molar-refractivity contribution >= 4 is 16.2 Å². The Morgan fingerprint density at radius 1 is 1.50 bits per heavy atom. The van der Waals surface area contributed by atoms with Crippen molar-refractivity contribution < 1.29 is 8.42 Å². The second-order valence-corrected chi connectivity index (χ2v) is 4.55. The molecule has 1 aliphatic heterocycles. The maximum atomic E-state index is 11.1. The van der Waals surface area contributed by atoms with E-state index in [0.29, 0.717) is 10.7 Å². The van der Waals surface area contributed by atoms with Gasteiger partial charge in [0.25, 0.3) is 0 Å². The van der Waals surface area contributed by atoms with E-state index in [2.05, 4.69) is 20.6 Å². The highest BCUT2D eigenvalue weighted by molar-refractivity contribution is 7.88. The first kappa shape index (κ1) is 8.88. The fraction of sp³-hybridized carbons (Fsp3) is 0.167. The van der Waals surface area contributed by atoms with Crippen LogP contribution in [0.1, 0.15) is 0 Å². The third-order valence-corrected chi connectivity index (χ3v) is 2.49. The molecule has 0 saturated carbocycles. The molecule has 2 heterocycles. The summed E-state index contributed by atoms with van der Waals surface area (Å²) in [4.78, 5) is 7.63. The molecule has 0 aromatic carbocycles. The van der Waals surface area contributed by atoms with Crippen LogP contribution in [0.4, 0.5) is 0 Å². The molecule has 1 aromatic rings. The van der Waals surface area contributed by atoms with Crippen molar-refractivity contribution in [1.29, 1.82) is 0 Å². The van der Waals surface area contributed by atoms with Crippen molar-refractivity contribution in [3.05, 3.63) is 23.2 Å². The van der Waals surface area contributed by atoms with Crippen LogP contribution in [0.2, 0.25) is 0 Å². The number of aromatic nitrogens is 2. The van der Waals surface area contributed by atoms with Crippen LogP contribution in [-0.4, -0.2) is 29.1 Å². The topological polar surface area (TPSA) is 87.6 Å². The summed E-state index contributed by atoms with van der Waals surface area (Å²) in [6.07, 6.45) is 5.24. The van der Waals surface area contributed by atoms with Crippen LogP contribution in [0.3, 0.4) is 0 Å². The molecule has 8 heteroatoms. The van der Waals surface area contributed by atoms with Gasteiger partial charge in [0.15, 0.2) is 0 Å². The van der Waals surface area contributed by atoms with Crippen LogP contribution >= 0.6 is 0 Å². The lowest BCUT2D eigenvalue weighted by atomic mass is 10.5. The van der Waals surface area contributed by atoms with E-state index in [1.165, 1.54) is 18.7 Å². The average molecular weight is 213 g/mol. The molecule has 14 heavy (non-hydrogen) atoms. The molecule has 0 unspecified atom stereocenters. The zero-order chi connectivity index (χ0) is 10.2. The summed E-state index contributed by atoms with van der Waals surface area (Å²) in [5, 5.41) is 4.75. The van der Waals surface area contributed by atoms with Gasteiger partial charge in [0.1, 0.15) is 17.0 Å². The zero-order valence-electron chi connectivity index (χ0n) is 7.25. The van der Waals surface area contributed by atoms with Crippen molar-refractivity contribution in [2.75, 3.05) is 6.26 Å². The smallest absolute Gasteiger partial charge is 0.242 e. The van der Waals surface area contributed by atoms with Crippen molar-refractivity contribution in [2.24, 2.45) is 5.10 Å². The monoisotopic (exact) mass is 213 g/mol. The molecule has 0 aliphatic carbocycles.